The standard InChI is InChI=1S/C14H7Cl2FN2O/c15-9-2-1-3-10(16)13(9)8-4-7-6-18-12(17)5-11(7)19-14(8)20/h1-6H,(H,19,20). The van der Waals surface area contributed by atoms with E-state index in [0.29, 0.717) is 32.1 Å². The Hall–Kier alpha value is -1.91. The number of hydrogen-bond acceptors (Lipinski definition) is 2. The fourth-order valence-corrected chi connectivity index (χ4v) is 2.62. The molecular formula is C14H7Cl2FN2O. The van der Waals surface area contributed by atoms with Crippen molar-refractivity contribution in [2.75, 3.05) is 0 Å². The molecule has 0 spiro atoms. The quantitative estimate of drug-likeness (QED) is 0.690. The fraction of sp³-hybridized carbons (Fsp3) is 0. The van der Waals surface area contributed by atoms with Crippen molar-refractivity contribution in [1.29, 1.82) is 0 Å². The molecule has 1 aromatic carbocycles. The van der Waals surface area contributed by atoms with Gasteiger partial charge in [-0.25, -0.2) is 4.98 Å². The second kappa shape index (κ2) is 4.89. The lowest BCUT2D eigenvalue weighted by Crippen LogP contribution is -2.09. The predicted octanol–water partition coefficient (Wildman–Crippen LogP) is 4.04. The molecular weight excluding hydrogens is 302 g/mol. The van der Waals surface area contributed by atoms with E-state index in [2.05, 4.69) is 9.97 Å². The highest BCUT2D eigenvalue weighted by atomic mass is 35.5. The van der Waals surface area contributed by atoms with Crippen LogP contribution in [0.15, 0.2) is 41.3 Å². The number of fused-ring (bicyclic) bond motifs is 1. The van der Waals surface area contributed by atoms with Crippen LogP contribution in [0.1, 0.15) is 0 Å². The minimum Gasteiger partial charge on any atom is -0.321 e. The third-order valence-corrected chi connectivity index (χ3v) is 3.56. The second-order valence-corrected chi connectivity index (χ2v) is 5.02. The number of aromatic amines is 1. The third-order valence-electron chi connectivity index (χ3n) is 2.93. The van der Waals surface area contributed by atoms with Gasteiger partial charge in [-0.1, -0.05) is 29.3 Å². The summed E-state index contributed by atoms with van der Waals surface area (Å²) in [5, 5.41) is 1.34. The Morgan fingerprint density at radius 2 is 1.85 bits per heavy atom. The number of H-pyrrole nitrogens is 1. The van der Waals surface area contributed by atoms with Gasteiger partial charge >= 0.3 is 0 Å². The number of nitrogens with zero attached hydrogens (tertiary/aromatic N) is 1. The van der Waals surface area contributed by atoms with E-state index in [1.54, 1.807) is 24.3 Å². The first-order valence-electron chi connectivity index (χ1n) is 5.69. The molecule has 0 radical (unpaired) electrons. The number of nitrogens with one attached hydrogen (secondary N) is 1. The Labute approximate surface area is 123 Å². The summed E-state index contributed by atoms with van der Waals surface area (Å²) < 4.78 is 13.0. The maximum atomic E-state index is 13.0. The fourth-order valence-electron chi connectivity index (χ4n) is 2.02. The maximum absolute atomic E-state index is 13.0. The van der Waals surface area contributed by atoms with Crippen LogP contribution in [0.2, 0.25) is 10.0 Å². The monoisotopic (exact) mass is 308 g/mol. The molecule has 0 aliphatic rings. The van der Waals surface area contributed by atoms with Crippen LogP contribution >= 0.6 is 23.2 Å². The van der Waals surface area contributed by atoms with Crippen LogP contribution in [0.5, 0.6) is 0 Å². The largest absolute Gasteiger partial charge is 0.321 e. The lowest BCUT2D eigenvalue weighted by atomic mass is 10.1. The molecule has 0 atom stereocenters. The van der Waals surface area contributed by atoms with Crippen molar-refractivity contribution >= 4 is 34.1 Å². The molecule has 2 heterocycles. The van der Waals surface area contributed by atoms with Crippen LogP contribution in [0, 0.1) is 5.95 Å². The van der Waals surface area contributed by atoms with E-state index in [1.165, 1.54) is 6.20 Å². The van der Waals surface area contributed by atoms with Crippen molar-refractivity contribution in [2.45, 2.75) is 0 Å². The smallest absolute Gasteiger partial charge is 0.256 e. The summed E-state index contributed by atoms with van der Waals surface area (Å²) in [5.41, 5.74) is 0.748. The van der Waals surface area contributed by atoms with Crippen LogP contribution in [0.25, 0.3) is 22.0 Å². The highest BCUT2D eigenvalue weighted by molar-refractivity contribution is 6.39. The number of hydrogen-bond donors (Lipinski definition) is 1. The molecule has 0 bridgehead atoms. The van der Waals surface area contributed by atoms with Gasteiger partial charge in [-0.3, -0.25) is 4.79 Å². The predicted molar refractivity (Wildman–Crippen MR) is 77.8 cm³/mol. The van der Waals surface area contributed by atoms with Gasteiger partial charge in [-0.15, -0.1) is 0 Å². The van der Waals surface area contributed by atoms with Crippen molar-refractivity contribution < 1.29 is 4.39 Å². The van der Waals surface area contributed by atoms with Gasteiger partial charge in [0.05, 0.1) is 21.1 Å². The molecule has 0 saturated heterocycles. The number of benzene rings is 1. The van der Waals surface area contributed by atoms with E-state index in [4.69, 9.17) is 23.2 Å². The summed E-state index contributed by atoms with van der Waals surface area (Å²) in [5.74, 6) is -0.656. The van der Waals surface area contributed by atoms with Crippen molar-refractivity contribution in [1.82, 2.24) is 9.97 Å². The molecule has 0 unspecified atom stereocenters. The van der Waals surface area contributed by atoms with Crippen LogP contribution in [-0.2, 0) is 0 Å². The first-order valence-corrected chi connectivity index (χ1v) is 6.45. The highest BCUT2D eigenvalue weighted by Crippen LogP contribution is 2.33. The SMILES string of the molecule is O=c1[nH]c2cc(F)ncc2cc1-c1c(Cl)cccc1Cl. The van der Waals surface area contributed by atoms with E-state index in [-0.39, 0.29) is 0 Å². The summed E-state index contributed by atoms with van der Waals surface area (Å²) in [6, 6.07) is 7.74. The van der Waals surface area contributed by atoms with E-state index < -0.39 is 11.5 Å². The normalized spacial score (nSPS) is 10.9. The van der Waals surface area contributed by atoms with Crippen LogP contribution < -0.4 is 5.56 Å². The van der Waals surface area contributed by atoms with Crippen LogP contribution in [-0.4, -0.2) is 9.97 Å². The minimum absolute atomic E-state index is 0.321. The average Bonchev–Trinajstić information content (AvgIpc) is 2.39. The minimum atomic E-state index is -0.656. The van der Waals surface area contributed by atoms with Gasteiger partial charge in [0.15, 0.2) is 0 Å². The number of aromatic nitrogens is 2. The topological polar surface area (TPSA) is 45.8 Å². The molecule has 2 aromatic heterocycles. The maximum Gasteiger partial charge on any atom is 0.256 e. The van der Waals surface area contributed by atoms with E-state index >= 15 is 0 Å². The lowest BCUT2D eigenvalue weighted by Gasteiger charge is -2.07. The Morgan fingerprint density at radius 3 is 2.55 bits per heavy atom. The zero-order valence-electron chi connectivity index (χ0n) is 9.95. The molecule has 0 aliphatic heterocycles. The first kappa shape index (κ1) is 13.1. The molecule has 20 heavy (non-hydrogen) atoms. The molecule has 6 heteroatoms. The molecule has 0 saturated carbocycles. The van der Waals surface area contributed by atoms with E-state index in [9.17, 15) is 9.18 Å². The van der Waals surface area contributed by atoms with Crippen LogP contribution in [0.4, 0.5) is 4.39 Å². The number of halogens is 3. The Morgan fingerprint density at radius 1 is 1.15 bits per heavy atom. The first-order chi connectivity index (χ1) is 9.56. The molecule has 0 amide bonds. The molecule has 3 aromatic rings. The molecule has 0 aliphatic carbocycles. The van der Waals surface area contributed by atoms with Crippen molar-refractivity contribution in [3.63, 3.8) is 0 Å². The van der Waals surface area contributed by atoms with Crippen molar-refractivity contribution in [3.8, 4) is 11.1 Å². The molecule has 1 N–H and O–H groups in total. The summed E-state index contributed by atoms with van der Waals surface area (Å²) in [6.07, 6.45) is 1.34. The van der Waals surface area contributed by atoms with Gasteiger partial charge in [0.2, 0.25) is 5.95 Å². The Bertz CT molecular complexity index is 856. The van der Waals surface area contributed by atoms with Gasteiger partial charge in [0.25, 0.3) is 5.56 Å². The molecule has 100 valence electrons. The zero-order valence-corrected chi connectivity index (χ0v) is 11.5. The molecule has 3 nitrogen and oxygen atoms in total. The van der Waals surface area contributed by atoms with Crippen molar-refractivity contribution in [3.05, 3.63) is 62.9 Å². The summed E-state index contributed by atoms with van der Waals surface area (Å²) >= 11 is 12.2. The van der Waals surface area contributed by atoms with Crippen molar-refractivity contribution in [2.24, 2.45) is 0 Å². The van der Waals surface area contributed by atoms with Gasteiger partial charge in [-0.05, 0) is 18.2 Å². The third kappa shape index (κ3) is 2.17. The van der Waals surface area contributed by atoms with E-state index in [0.717, 1.165) is 6.07 Å². The Kier molecular flexibility index (Phi) is 3.20. The summed E-state index contributed by atoms with van der Waals surface area (Å²) in [6.45, 7) is 0. The summed E-state index contributed by atoms with van der Waals surface area (Å²) in [4.78, 5) is 18.3. The number of pyridine rings is 2. The van der Waals surface area contributed by atoms with Gasteiger partial charge < -0.3 is 4.98 Å². The van der Waals surface area contributed by atoms with E-state index in [1.807, 2.05) is 0 Å². The van der Waals surface area contributed by atoms with Crippen LogP contribution in [0.3, 0.4) is 0 Å². The lowest BCUT2D eigenvalue weighted by molar-refractivity contribution is 0.586. The molecule has 3 rings (SSSR count). The Balaban J connectivity index is 2.35. The average molecular weight is 309 g/mol. The summed E-state index contributed by atoms with van der Waals surface area (Å²) in [7, 11) is 0. The van der Waals surface area contributed by atoms with Gasteiger partial charge in [0, 0.05) is 23.2 Å². The van der Waals surface area contributed by atoms with Gasteiger partial charge in [0.1, 0.15) is 0 Å². The highest BCUT2D eigenvalue weighted by Gasteiger charge is 2.13. The van der Waals surface area contributed by atoms with Gasteiger partial charge in [-0.2, -0.15) is 4.39 Å². The molecule has 0 fully saturated rings. The zero-order chi connectivity index (χ0) is 14.3. The number of rotatable bonds is 1. The second-order valence-electron chi connectivity index (χ2n) is 4.20.